The van der Waals surface area contributed by atoms with Crippen molar-refractivity contribution in [3.05, 3.63) is 47.7 Å². The molecule has 0 spiro atoms. The molecule has 0 radical (unpaired) electrons. The highest BCUT2D eigenvalue weighted by Gasteiger charge is 2.32. The Morgan fingerprint density at radius 1 is 1.15 bits per heavy atom. The molecule has 1 aromatic carbocycles. The molecule has 0 amide bonds. The van der Waals surface area contributed by atoms with E-state index < -0.39 is 10.0 Å². The topological polar surface area (TPSA) is 102 Å². The molecule has 0 atom stereocenters. The van der Waals surface area contributed by atoms with Crippen molar-refractivity contribution in [2.45, 2.75) is 23.7 Å². The van der Waals surface area contributed by atoms with Gasteiger partial charge in [-0.2, -0.15) is 9.29 Å². The average Bonchev–Trinajstić information content (AvgIpc) is 3.34. The summed E-state index contributed by atoms with van der Waals surface area (Å²) in [6.45, 7) is 0.849. The molecule has 1 aliphatic rings. The van der Waals surface area contributed by atoms with Gasteiger partial charge in [0.1, 0.15) is 0 Å². The van der Waals surface area contributed by atoms with Crippen LogP contribution in [0.3, 0.4) is 0 Å². The monoisotopic (exact) mass is 390 g/mol. The number of nitrogens with zero attached hydrogens (tertiary/aromatic N) is 3. The molecular formula is C17H18N4O3S2. The summed E-state index contributed by atoms with van der Waals surface area (Å²) < 4.78 is 32.4. The summed E-state index contributed by atoms with van der Waals surface area (Å²) >= 11 is 1.56. The fraction of sp³-hybridized carbons (Fsp3) is 0.294. The summed E-state index contributed by atoms with van der Waals surface area (Å²) in [5, 5.41) is 6.00. The minimum atomic E-state index is -3.50. The normalized spacial score (nSPS) is 16.8. The molecule has 3 heterocycles. The van der Waals surface area contributed by atoms with Gasteiger partial charge in [0, 0.05) is 24.7 Å². The van der Waals surface area contributed by atoms with Crippen molar-refractivity contribution < 1.29 is 12.9 Å². The lowest BCUT2D eigenvalue weighted by Gasteiger charge is -2.29. The number of piperidine rings is 1. The van der Waals surface area contributed by atoms with E-state index >= 15 is 0 Å². The Balaban J connectivity index is 1.45. The molecular weight excluding hydrogens is 372 g/mol. The highest BCUT2D eigenvalue weighted by Crippen LogP contribution is 2.31. The van der Waals surface area contributed by atoms with Crippen LogP contribution in [0.15, 0.2) is 51.2 Å². The Morgan fingerprint density at radius 2 is 1.88 bits per heavy atom. The summed E-state index contributed by atoms with van der Waals surface area (Å²) in [5.74, 6) is 1.25. The molecule has 26 heavy (non-hydrogen) atoms. The first kappa shape index (κ1) is 17.2. The molecule has 136 valence electrons. The van der Waals surface area contributed by atoms with Crippen molar-refractivity contribution in [3.63, 3.8) is 0 Å². The van der Waals surface area contributed by atoms with Crippen molar-refractivity contribution in [2.24, 2.45) is 0 Å². The largest absolute Gasteiger partial charge is 0.399 e. The maximum Gasteiger partial charge on any atom is 0.243 e. The van der Waals surface area contributed by atoms with Crippen LogP contribution in [0.4, 0.5) is 5.69 Å². The van der Waals surface area contributed by atoms with Gasteiger partial charge in [0.15, 0.2) is 0 Å². The second-order valence-electron chi connectivity index (χ2n) is 6.18. The standard InChI is InChI=1S/C17H18N4O3S2/c18-13-3-5-14(6-4-13)26(22,23)21-9-7-12(8-10-21)17-19-16(20-24-17)15-2-1-11-25-15/h1-6,11-12H,7-10,18H2. The first-order valence-corrected chi connectivity index (χ1v) is 10.6. The third-order valence-corrected chi connectivity index (χ3v) is 7.28. The number of anilines is 1. The van der Waals surface area contributed by atoms with E-state index in [1.807, 2.05) is 17.5 Å². The predicted molar refractivity (Wildman–Crippen MR) is 99.2 cm³/mol. The number of nitrogens with two attached hydrogens (primary N) is 1. The minimum absolute atomic E-state index is 0.0779. The molecule has 0 bridgehead atoms. The van der Waals surface area contributed by atoms with Crippen molar-refractivity contribution in [1.29, 1.82) is 0 Å². The van der Waals surface area contributed by atoms with Crippen LogP contribution in [0, 0.1) is 0 Å². The van der Waals surface area contributed by atoms with E-state index in [9.17, 15) is 8.42 Å². The molecule has 2 aromatic heterocycles. The average molecular weight is 390 g/mol. The zero-order chi connectivity index (χ0) is 18.1. The molecule has 7 nitrogen and oxygen atoms in total. The lowest BCUT2D eigenvalue weighted by atomic mass is 9.98. The van der Waals surface area contributed by atoms with Crippen LogP contribution < -0.4 is 5.73 Å². The van der Waals surface area contributed by atoms with Crippen molar-refractivity contribution in [2.75, 3.05) is 18.8 Å². The van der Waals surface area contributed by atoms with Gasteiger partial charge in [-0.3, -0.25) is 0 Å². The van der Waals surface area contributed by atoms with Gasteiger partial charge in [-0.05, 0) is 48.6 Å². The van der Waals surface area contributed by atoms with Crippen molar-refractivity contribution >= 4 is 27.0 Å². The van der Waals surface area contributed by atoms with E-state index in [2.05, 4.69) is 10.1 Å². The Kier molecular flexibility index (Phi) is 4.51. The predicted octanol–water partition coefficient (Wildman–Crippen LogP) is 2.95. The Bertz CT molecular complexity index is 973. The molecule has 1 aliphatic heterocycles. The number of rotatable bonds is 4. The molecule has 0 saturated carbocycles. The lowest BCUT2D eigenvalue weighted by molar-refractivity contribution is 0.271. The van der Waals surface area contributed by atoms with Crippen LogP contribution in [0.25, 0.3) is 10.7 Å². The minimum Gasteiger partial charge on any atom is -0.399 e. The summed E-state index contributed by atoms with van der Waals surface area (Å²) in [4.78, 5) is 5.71. The van der Waals surface area contributed by atoms with Gasteiger partial charge in [0.05, 0.1) is 9.77 Å². The van der Waals surface area contributed by atoms with Crippen LogP contribution in [0.2, 0.25) is 0 Å². The Labute approximate surface area is 155 Å². The summed E-state index contributed by atoms with van der Waals surface area (Å²) in [6.07, 6.45) is 1.31. The molecule has 0 aliphatic carbocycles. The molecule has 1 fully saturated rings. The fourth-order valence-electron chi connectivity index (χ4n) is 3.04. The number of hydrogen-bond acceptors (Lipinski definition) is 7. The van der Waals surface area contributed by atoms with Gasteiger partial charge >= 0.3 is 0 Å². The lowest BCUT2D eigenvalue weighted by Crippen LogP contribution is -2.37. The van der Waals surface area contributed by atoms with E-state index in [-0.39, 0.29) is 10.8 Å². The molecule has 9 heteroatoms. The molecule has 0 unspecified atom stereocenters. The third-order valence-electron chi connectivity index (χ3n) is 4.50. The number of sulfonamides is 1. The highest BCUT2D eigenvalue weighted by atomic mass is 32.2. The van der Waals surface area contributed by atoms with Gasteiger partial charge in [0.2, 0.25) is 21.7 Å². The van der Waals surface area contributed by atoms with Gasteiger partial charge in [-0.1, -0.05) is 11.2 Å². The SMILES string of the molecule is Nc1ccc(S(=O)(=O)N2CCC(c3nc(-c4cccs4)no3)CC2)cc1. The second kappa shape index (κ2) is 6.82. The zero-order valence-corrected chi connectivity index (χ0v) is 15.5. The van der Waals surface area contributed by atoms with Gasteiger partial charge in [-0.25, -0.2) is 8.42 Å². The van der Waals surface area contributed by atoms with Gasteiger partial charge < -0.3 is 10.3 Å². The van der Waals surface area contributed by atoms with Crippen LogP contribution >= 0.6 is 11.3 Å². The molecule has 1 saturated heterocycles. The molecule has 4 rings (SSSR count). The van der Waals surface area contributed by atoms with E-state index in [0.29, 0.717) is 43.3 Å². The van der Waals surface area contributed by atoms with Gasteiger partial charge in [-0.15, -0.1) is 11.3 Å². The summed E-state index contributed by atoms with van der Waals surface area (Å²) in [5.41, 5.74) is 6.18. The van der Waals surface area contributed by atoms with Crippen molar-refractivity contribution in [3.8, 4) is 10.7 Å². The van der Waals surface area contributed by atoms with E-state index in [1.165, 1.54) is 4.31 Å². The van der Waals surface area contributed by atoms with E-state index in [4.69, 9.17) is 10.3 Å². The molecule has 3 aromatic rings. The number of thiophene rings is 1. The van der Waals surface area contributed by atoms with Crippen LogP contribution in [-0.2, 0) is 10.0 Å². The Morgan fingerprint density at radius 3 is 2.54 bits per heavy atom. The quantitative estimate of drug-likeness (QED) is 0.687. The highest BCUT2D eigenvalue weighted by molar-refractivity contribution is 7.89. The van der Waals surface area contributed by atoms with Crippen molar-refractivity contribution in [1.82, 2.24) is 14.4 Å². The van der Waals surface area contributed by atoms with Crippen LogP contribution in [0.5, 0.6) is 0 Å². The second-order valence-corrected chi connectivity index (χ2v) is 9.07. The third kappa shape index (κ3) is 3.25. The first-order chi connectivity index (χ1) is 12.5. The Hall–Kier alpha value is -2.23. The maximum absolute atomic E-state index is 12.7. The number of nitrogen functional groups attached to an aromatic ring is 1. The number of aromatic nitrogens is 2. The molecule has 2 N–H and O–H groups in total. The maximum atomic E-state index is 12.7. The van der Waals surface area contributed by atoms with Crippen LogP contribution in [0.1, 0.15) is 24.7 Å². The smallest absolute Gasteiger partial charge is 0.243 e. The first-order valence-electron chi connectivity index (χ1n) is 8.27. The summed E-state index contributed by atoms with van der Waals surface area (Å²) in [7, 11) is -3.50. The summed E-state index contributed by atoms with van der Waals surface area (Å²) in [6, 6.07) is 10.2. The zero-order valence-electron chi connectivity index (χ0n) is 13.9. The number of benzene rings is 1. The van der Waals surface area contributed by atoms with Gasteiger partial charge in [0.25, 0.3) is 0 Å². The van der Waals surface area contributed by atoms with Crippen LogP contribution in [-0.4, -0.2) is 36.0 Å². The van der Waals surface area contributed by atoms with E-state index in [1.54, 1.807) is 35.6 Å². The van der Waals surface area contributed by atoms with E-state index in [0.717, 1.165) is 4.88 Å². The number of hydrogen-bond donors (Lipinski definition) is 1. The fourth-order valence-corrected chi connectivity index (χ4v) is 5.16.